The standard InChI is InChI=1S/C46H64N12O12.C15H17N3O4S2.2CH4/c1-48-38(59)26-20-29(41(62)51-4)35(68-7)32(23-26)44(65)54-11-15-57(14-10-47)18-19-58(16-12-55-45(66)33-24-27(39(60)49-2)21-30(36(33)69-8)42(63)52-5)17-13-56-46(67)34-25-28(40(61)50-3)22-31(37(34)70-9)43(64)53-6;1-16-12(19)8-6-9(13(20)17-2)11(22-3)10(7-8)14(21)18-4-5-24-15(18)23;;/h20-25H,10-19,47H2,1-9H3,(H,48,59)(H,49,60)(H,50,61)(H,51,62)(H,52,63)(H,53,64)(H,54,65)(H,55,66)(H,56,67);6-7H,4-5H2,1-3H3,(H,16,19)(H,17,20);2*1H4. The summed E-state index contributed by atoms with van der Waals surface area (Å²) in [4.78, 5) is 160. The van der Waals surface area contributed by atoms with Crippen LogP contribution in [-0.2, 0) is 0 Å². The van der Waals surface area contributed by atoms with Gasteiger partial charge in [0.05, 0.1) is 72.9 Å². The van der Waals surface area contributed by atoms with Crippen molar-refractivity contribution in [1.29, 1.82) is 0 Å². The molecule has 0 aromatic heterocycles. The third kappa shape index (κ3) is 21.0. The summed E-state index contributed by atoms with van der Waals surface area (Å²) in [6.45, 7) is 2.74. The topological polar surface area (TPSA) is 410 Å². The van der Waals surface area contributed by atoms with Crippen molar-refractivity contribution in [2.24, 2.45) is 5.73 Å². The van der Waals surface area contributed by atoms with Gasteiger partial charge in [-0.3, -0.25) is 72.2 Å². The predicted molar refractivity (Wildman–Crippen MR) is 368 cm³/mol. The molecule has 5 rings (SSSR count). The first-order chi connectivity index (χ1) is 45.0. The Kier molecular flexibility index (Phi) is 34.5. The van der Waals surface area contributed by atoms with E-state index in [9.17, 15) is 57.5 Å². The molecule has 0 atom stereocenters. The van der Waals surface area contributed by atoms with Crippen molar-refractivity contribution in [3.05, 3.63) is 115 Å². The van der Waals surface area contributed by atoms with E-state index in [0.29, 0.717) is 42.8 Å². The van der Waals surface area contributed by atoms with E-state index >= 15 is 0 Å². The normalized spacial score (nSPS) is 11.2. The summed E-state index contributed by atoms with van der Waals surface area (Å²) in [6.07, 6.45) is 0. The molecule has 0 spiro atoms. The molecule has 1 aliphatic heterocycles. The van der Waals surface area contributed by atoms with E-state index in [1.165, 1.54) is 150 Å². The number of carbonyl (C=O) groups is 12. The number of benzene rings is 4. The van der Waals surface area contributed by atoms with Crippen LogP contribution in [0.4, 0.5) is 0 Å². The number of thiocarbonyl (C=S) groups is 1. The highest BCUT2D eigenvalue weighted by Crippen LogP contribution is 2.32. The number of rotatable bonds is 30. The van der Waals surface area contributed by atoms with Crippen LogP contribution in [-0.4, -0.2) is 252 Å². The number of nitrogens with zero attached hydrogens (tertiary/aromatic N) is 3. The molecule has 0 radical (unpaired) electrons. The van der Waals surface area contributed by atoms with Crippen LogP contribution in [0.5, 0.6) is 23.0 Å². The van der Waals surface area contributed by atoms with Crippen LogP contribution in [0.15, 0.2) is 48.5 Å². The first-order valence-electron chi connectivity index (χ1n) is 29.1. The van der Waals surface area contributed by atoms with Gasteiger partial charge in [-0.25, -0.2) is 0 Å². The Hall–Kier alpha value is -9.96. The minimum Gasteiger partial charge on any atom is -0.495 e. The zero-order valence-corrected chi connectivity index (χ0v) is 56.0. The highest BCUT2D eigenvalue weighted by atomic mass is 32.2. The zero-order chi connectivity index (χ0) is 69.9. The number of nitrogens with two attached hydrogens (primary N) is 1. The number of ether oxygens (including phenoxy) is 4. The predicted octanol–water partition coefficient (Wildman–Crippen LogP) is 0.183. The number of hydrogen-bond donors (Lipinski definition) is 12. The quantitative estimate of drug-likeness (QED) is 0.0310. The molecule has 0 unspecified atom stereocenters. The third-order valence-electron chi connectivity index (χ3n) is 14.3. The molecule has 13 N–H and O–H groups in total. The van der Waals surface area contributed by atoms with E-state index in [-0.39, 0.29) is 144 Å². The number of amides is 12. The van der Waals surface area contributed by atoms with E-state index in [0.717, 1.165) is 0 Å². The average Bonchev–Trinajstić information content (AvgIpc) is 1.05. The molecule has 12 amide bonds. The number of carbonyl (C=O) groups excluding carboxylic acids is 12. The van der Waals surface area contributed by atoms with Crippen molar-refractivity contribution < 1.29 is 76.5 Å². The molecule has 96 heavy (non-hydrogen) atoms. The molecular weight excluding hydrogens is 1290 g/mol. The Morgan fingerprint density at radius 2 is 0.635 bits per heavy atom. The lowest BCUT2D eigenvalue weighted by molar-refractivity contribution is 0.0853. The van der Waals surface area contributed by atoms with Gasteiger partial charge < -0.3 is 83.2 Å². The minimum absolute atomic E-state index is 0. The summed E-state index contributed by atoms with van der Waals surface area (Å²) < 4.78 is 22.2. The fourth-order valence-corrected chi connectivity index (χ4v) is 10.7. The Balaban J connectivity index is 0.00000101. The molecule has 1 saturated heterocycles. The van der Waals surface area contributed by atoms with Gasteiger partial charge in [-0.15, -0.1) is 0 Å². The van der Waals surface area contributed by atoms with Crippen molar-refractivity contribution in [2.45, 2.75) is 14.9 Å². The molecule has 524 valence electrons. The van der Waals surface area contributed by atoms with Crippen LogP contribution >= 0.6 is 24.0 Å². The second-order valence-corrected chi connectivity index (χ2v) is 21.6. The van der Waals surface area contributed by atoms with Gasteiger partial charge in [0.15, 0.2) is 0 Å². The van der Waals surface area contributed by atoms with Gasteiger partial charge >= 0.3 is 0 Å². The second-order valence-electron chi connectivity index (χ2n) is 19.9. The Morgan fingerprint density at radius 3 is 0.865 bits per heavy atom. The molecule has 0 saturated carbocycles. The van der Waals surface area contributed by atoms with E-state index in [2.05, 4.69) is 58.5 Å². The van der Waals surface area contributed by atoms with Gasteiger partial charge in [-0.2, -0.15) is 0 Å². The zero-order valence-electron chi connectivity index (χ0n) is 54.4. The smallest absolute Gasteiger partial charge is 0.263 e. The number of methoxy groups -OCH3 is 4. The molecule has 33 heteroatoms. The fraction of sp³-hybridized carbons (Fsp3) is 0.413. The Labute approximate surface area is 567 Å². The molecule has 4 aromatic carbocycles. The minimum atomic E-state index is -0.642. The molecule has 0 bridgehead atoms. The maximum absolute atomic E-state index is 13.7. The highest BCUT2D eigenvalue weighted by Gasteiger charge is 2.32. The van der Waals surface area contributed by atoms with Crippen LogP contribution in [0.2, 0.25) is 0 Å². The van der Waals surface area contributed by atoms with Gasteiger partial charge in [0.1, 0.15) is 27.3 Å². The van der Waals surface area contributed by atoms with Crippen LogP contribution < -0.4 is 83.2 Å². The van der Waals surface area contributed by atoms with Crippen molar-refractivity contribution in [3.63, 3.8) is 0 Å². The van der Waals surface area contributed by atoms with Gasteiger partial charge in [0, 0.05) is 156 Å². The first kappa shape index (κ1) is 82.1. The van der Waals surface area contributed by atoms with Crippen molar-refractivity contribution in [1.82, 2.24) is 73.2 Å². The largest absolute Gasteiger partial charge is 0.495 e. The van der Waals surface area contributed by atoms with Crippen LogP contribution in [0.3, 0.4) is 0 Å². The molecule has 0 aliphatic carbocycles. The van der Waals surface area contributed by atoms with E-state index in [1.807, 2.05) is 9.80 Å². The number of thioether (sulfide) groups is 1. The summed E-state index contributed by atoms with van der Waals surface area (Å²) in [5.74, 6) is -5.75. The first-order valence-corrected chi connectivity index (χ1v) is 30.5. The molecular formula is C63H89N15O16S2. The third-order valence-corrected chi connectivity index (χ3v) is 15.7. The number of hydrogen-bond acceptors (Lipinski definition) is 21. The molecule has 31 nitrogen and oxygen atoms in total. The Bertz CT molecular complexity index is 3430. The maximum Gasteiger partial charge on any atom is 0.263 e. The summed E-state index contributed by atoms with van der Waals surface area (Å²) in [7, 11) is 16.6. The lowest BCUT2D eigenvalue weighted by atomic mass is 10.0. The van der Waals surface area contributed by atoms with E-state index in [1.54, 1.807) is 0 Å². The molecule has 1 aliphatic rings. The van der Waals surface area contributed by atoms with Gasteiger partial charge in [-0.05, 0) is 48.5 Å². The lowest BCUT2D eigenvalue weighted by Gasteiger charge is -2.28. The van der Waals surface area contributed by atoms with Crippen molar-refractivity contribution in [3.8, 4) is 23.0 Å². The van der Waals surface area contributed by atoms with Crippen molar-refractivity contribution in [2.75, 3.05) is 163 Å². The second kappa shape index (κ2) is 40.3. The number of nitrogens with one attached hydrogen (secondary N) is 11. The van der Waals surface area contributed by atoms with Gasteiger partial charge in [0.25, 0.3) is 70.9 Å². The fourth-order valence-electron chi connectivity index (χ4n) is 9.50. The van der Waals surface area contributed by atoms with Crippen LogP contribution in [0, 0.1) is 0 Å². The Morgan fingerprint density at radius 1 is 0.396 bits per heavy atom. The molecule has 1 fully saturated rings. The van der Waals surface area contributed by atoms with Gasteiger partial charge in [0.2, 0.25) is 0 Å². The molecule has 4 aromatic rings. The van der Waals surface area contributed by atoms with Crippen molar-refractivity contribution >= 4 is 99.2 Å². The summed E-state index contributed by atoms with van der Waals surface area (Å²) in [6, 6.07) is 10.7. The summed E-state index contributed by atoms with van der Waals surface area (Å²) in [5, 5.41) is 28.3. The average molecular weight is 1380 g/mol. The maximum atomic E-state index is 13.7. The van der Waals surface area contributed by atoms with Gasteiger partial charge in [-0.1, -0.05) is 38.8 Å². The summed E-state index contributed by atoms with van der Waals surface area (Å²) >= 11 is 6.59. The van der Waals surface area contributed by atoms with Crippen LogP contribution in [0.25, 0.3) is 0 Å². The van der Waals surface area contributed by atoms with Crippen LogP contribution in [0.1, 0.15) is 139 Å². The monoisotopic (exact) mass is 1380 g/mol. The highest BCUT2D eigenvalue weighted by molar-refractivity contribution is 8.23. The SMILES string of the molecule is C.C.CNC(=O)c1cc(C(=O)NC)c(OC)c(C(=O)N2CCSC2=S)c1.CNC(=O)c1cc(C(=O)NC)c(OC)c(C(=O)NCCN(CCN)CCN(CCNC(=O)c2cc(C(=O)NC)cc(C(=O)NC)c2OC)CCNC(=O)c2cc(C(=O)NC)cc(C(=O)NC)c2OC)c1. The van der Waals surface area contributed by atoms with E-state index < -0.39 is 70.9 Å². The lowest BCUT2D eigenvalue weighted by Crippen LogP contribution is -2.45. The van der Waals surface area contributed by atoms with E-state index in [4.69, 9.17) is 36.9 Å². The summed E-state index contributed by atoms with van der Waals surface area (Å²) in [5.41, 5.74) is 6.36. The molecule has 1 heterocycles.